The summed E-state index contributed by atoms with van der Waals surface area (Å²) < 4.78 is 23.1. The number of aliphatic hydroxyl groups is 9. The van der Waals surface area contributed by atoms with Gasteiger partial charge in [0.05, 0.1) is 25.4 Å². The van der Waals surface area contributed by atoms with Crippen molar-refractivity contribution in [3.63, 3.8) is 0 Å². The summed E-state index contributed by atoms with van der Waals surface area (Å²) in [5, 5.41) is 96.2. The molecule has 4 aliphatic rings. The molecule has 0 spiro atoms. The molecule has 2 aliphatic heterocycles. The Labute approximate surface area is 259 Å². The fraction of sp³-hybridized carbons (Fsp3) is 0.962. The van der Waals surface area contributed by atoms with E-state index < -0.39 is 122 Å². The first kappa shape index (κ1) is 36.8. The molecule has 18 N–H and O–H groups in total. The van der Waals surface area contributed by atoms with Gasteiger partial charge in [-0.25, -0.2) is 0 Å². The lowest BCUT2D eigenvalue weighted by Crippen LogP contribution is -2.67. The van der Waals surface area contributed by atoms with Crippen molar-refractivity contribution in [1.82, 2.24) is 5.32 Å². The van der Waals surface area contributed by atoms with Crippen LogP contribution in [-0.2, 0) is 23.7 Å². The molecule has 2 heterocycles. The van der Waals surface area contributed by atoms with E-state index in [9.17, 15) is 45.6 Å². The number of ketones is 1. The summed E-state index contributed by atoms with van der Waals surface area (Å²) in [5.41, 5.74) is 21.9. The molecule has 19 nitrogen and oxygen atoms in total. The third-order valence-corrected chi connectivity index (χ3v) is 9.22. The van der Waals surface area contributed by atoms with Gasteiger partial charge in [-0.2, -0.15) is 0 Å². The Morgan fingerprint density at radius 3 is 2.07 bits per heavy atom. The standard InChI is InChI=1S/C26H49N5O14/c27-9(6-32)4-31-5-11-17(36)19(38)20(39)25(42-11)45-23-10(28)1-8(2-14(34)26(41)3-13(26)29)22(21(23)40)44-24-18(37)15(30)16(35)12(7-33)43-24/h8-13,15-25,31-33,35-41H,1-7,27-30H2/t8-,9?,10-,11+,12+,13?,15-,16+,17+,18+,19-,20+,21+,22-,23?,24+,25+,26?/m0/s1. The predicted octanol–water partition coefficient (Wildman–Crippen LogP) is -8.63. The highest BCUT2D eigenvalue weighted by Gasteiger charge is 2.58. The molecular weight excluding hydrogens is 606 g/mol. The van der Waals surface area contributed by atoms with Crippen molar-refractivity contribution in [2.24, 2.45) is 28.9 Å². The quantitative estimate of drug-likeness (QED) is 0.0875. The number of nitrogens with two attached hydrogens (primary N) is 4. The summed E-state index contributed by atoms with van der Waals surface area (Å²) in [7, 11) is 0. The van der Waals surface area contributed by atoms with Crippen LogP contribution in [0.15, 0.2) is 0 Å². The first-order chi connectivity index (χ1) is 21.1. The van der Waals surface area contributed by atoms with Gasteiger partial charge >= 0.3 is 0 Å². The molecule has 2 saturated carbocycles. The van der Waals surface area contributed by atoms with E-state index in [0.717, 1.165) is 0 Å². The zero-order chi connectivity index (χ0) is 33.4. The Kier molecular flexibility index (Phi) is 12.3. The number of carbonyl (C=O) groups is 1. The van der Waals surface area contributed by atoms with E-state index in [4.69, 9.17) is 47.0 Å². The normalized spacial score (nSPS) is 49.4. The lowest BCUT2D eigenvalue weighted by atomic mass is 9.76. The van der Waals surface area contributed by atoms with Crippen molar-refractivity contribution in [3.05, 3.63) is 0 Å². The molecule has 4 fully saturated rings. The van der Waals surface area contributed by atoms with Crippen molar-refractivity contribution in [2.75, 3.05) is 26.3 Å². The minimum absolute atomic E-state index is 0.0485. The Morgan fingerprint density at radius 2 is 1.47 bits per heavy atom. The van der Waals surface area contributed by atoms with Crippen molar-refractivity contribution in [3.8, 4) is 0 Å². The Morgan fingerprint density at radius 1 is 0.867 bits per heavy atom. The molecule has 45 heavy (non-hydrogen) atoms. The lowest BCUT2D eigenvalue weighted by molar-refractivity contribution is -0.335. The molecule has 2 saturated heterocycles. The molecule has 0 aromatic carbocycles. The minimum atomic E-state index is -1.78. The summed E-state index contributed by atoms with van der Waals surface area (Å²) in [5.74, 6) is -1.50. The van der Waals surface area contributed by atoms with Gasteiger partial charge in [-0.15, -0.1) is 0 Å². The van der Waals surface area contributed by atoms with Crippen LogP contribution < -0.4 is 28.3 Å². The highest BCUT2D eigenvalue weighted by Crippen LogP contribution is 2.41. The van der Waals surface area contributed by atoms with Crippen LogP contribution in [0.1, 0.15) is 19.3 Å². The highest BCUT2D eigenvalue weighted by atomic mass is 16.7. The van der Waals surface area contributed by atoms with Crippen molar-refractivity contribution in [2.45, 2.75) is 123 Å². The Hall–Kier alpha value is -1.05. The third-order valence-electron chi connectivity index (χ3n) is 9.22. The van der Waals surface area contributed by atoms with Crippen LogP contribution in [-0.4, -0.2) is 181 Å². The number of rotatable bonds is 13. The molecule has 4 unspecified atom stereocenters. The number of hydrogen-bond donors (Lipinski definition) is 14. The zero-order valence-electron chi connectivity index (χ0n) is 24.6. The number of aliphatic hydroxyl groups excluding tert-OH is 8. The van der Waals surface area contributed by atoms with Gasteiger partial charge in [0.1, 0.15) is 60.5 Å². The molecule has 0 bridgehead atoms. The number of carbonyl (C=O) groups excluding carboxylic acids is 1. The van der Waals surface area contributed by atoms with E-state index in [1.54, 1.807) is 0 Å². The second-order valence-corrected chi connectivity index (χ2v) is 12.6. The van der Waals surface area contributed by atoms with Crippen LogP contribution in [0, 0.1) is 5.92 Å². The van der Waals surface area contributed by atoms with E-state index in [1.807, 2.05) is 0 Å². The van der Waals surface area contributed by atoms with Gasteiger partial charge in [0.15, 0.2) is 18.4 Å². The maximum atomic E-state index is 13.0. The predicted molar refractivity (Wildman–Crippen MR) is 149 cm³/mol. The van der Waals surface area contributed by atoms with Gasteiger partial charge in [-0.1, -0.05) is 0 Å². The minimum Gasteiger partial charge on any atom is -0.395 e. The summed E-state index contributed by atoms with van der Waals surface area (Å²) in [4.78, 5) is 13.0. The fourth-order valence-electron chi connectivity index (χ4n) is 6.13. The SMILES string of the molecule is NC(CO)CNC[C@H]1O[C@H](OC2[C@@H](N)C[C@@H](CC(=O)C3(O)CC3N)[C@H](O[C@H]3O[C@H](CO)[C@@H](O)[C@H](N)[C@H]3O)[C@H]2O)[C@H](O)[C@@H](O)[C@@H]1O. The number of ether oxygens (including phenoxy) is 4. The van der Waals surface area contributed by atoms with Crippen molar-refractivity contribution < 1.29 is 69.7 Å². The topological polar surface area (TPSA) is 352 Å². The number of nitrogens with one attached hydrogen (secondary N) is 1. The molecule has 0 aromatic heterocycles. The smallest absolute Gasteiger partial charge is 0.187 e. The van der Waals surface area contributed by atoms with E-state index in [-0.39, 0.29) is 39.0 Å². The molecular formula is C26H49N5O14. The van der Waals surface area contributed by atoms with Crippen LogP contribution >= 0.6 is 0 Å². The molecule has 0 amide bonds. The fourth-order valence-corrected chi connectivity index (χ4v) is 6.13. The highest BCUT2D eigenvalue weighted by molar-refractivity contribution is 5.91. The number of Topliss-reactive ketones (excluding diaryl/α,β-unsaturated/α-hetero) is 1. The average molecular weight is 656 g/mol. The molecule has 262 valence electrons. The Bertz CT molecular complexity index is 988. The van der Waals surface area contributed by atoms with E-state index >= 15 is 0 Å². The van der Waals surface area contributed by atoms with Crippen LogP contribution in [0.25, 0.3) is 0 Å². The molecule has 0 radical (unpaired) electrons. The summed E-state index contributed by atoms with van der Waals surface area (Å²) in [6.07, 6.45) is -18.5. The molecule has 18 atom stereocenters. The number of hydrogen-bond acceptors (Lipinski definition) is 19. The summed E-state index contributed by atoms with van der Waals surface area (Å²) >= 11 is 0. The largest absolute Gasteiger partial charge is 0.395 e. The molecule has 19 heteroatoms. The summed E-state index contributed by atoms with van der Waals surface area (Å²) in [6.45, 7) is -0.895. The maximum absolute atomic E-state index is 13.0. The lowest BCUT2D eigenvalue weighted by Gasteiger charge is -2.49. The van der Waals surface area contributed by atoms with E-state index in [2.05, 4.69) is 5.32 Å². The average Bonchev–Trinajstić information content (AvgIpc) is 3.64. The van der Waals surface area contributed by atoms with Gasteiger partial charge in [0.25, 0.3) is 0 Å². The Balaban J connectivity index is 1.52. The second kappa shape index (κ2) is 15.0. The molecule has 4 rings (SSSR count). The van der Waals surface area contributed by atoms with E-state index in [1.165, 1.54) is 0 Å². The van der Waals surface area contributed by atoms with Gasteiger partial charge < -0.3 is 93.2 Å². The first-order valence-corrected chi connectivity index (χ1v) is 15.0. The van der Waals surface area contributed by atoms with Crippen molar-refractivity contribution >= 4 is 5.78 Å². The van der Waals surface area contributed by atoms with Crippen LogP contribution in [0.4, 0.5) is 0 Å². The second-order valence-electron chi connectivity index (χ2n) is 12.6. The zero-order valence-corrected chi connectivity index (χ0v) is 24.6. The van der Waals surface area contributed by atoms with Gasteiger partial charge in [0, 0.05) is 44.1 Å². The van der Waals surface area contributed by atoms with Crippen LogP contribution in [0.2, 0.25) is 0 Å². The van der Waals surface area contributed by atoms with Crippen molar-refractivity contribution in [1.29, 1.82) is 0 Å². The van der Waals surface area contributed by atoms with Gasteiger partial charge in [-0.3, -0.25) is 4.79 Å². The third kappa shape index (κ3) is 7.82. The maximum Gasteiger partial charge on any atom is 0.187 e. The molecule has 2 aliphatic carbocycles. The van der Waals surface area contributed by atoms with E-state index in [0.29, 0.717) is 0 Å². The van der Waals surface area contributed by atoms with Gasteiger partial charge in [-0.05, 0) is 12.3 Å². The molecule has 0 aromatic rings. The van der Waals surface area contributed by atoms with Gasteiger partial charge in [0.2, 0.25) is 0 Å². The monoisotopic (exact) mass is 655 g/mol. The summed E-state index contributed by atoms with van der Waals surface area (Å²) in [6, 6.07) is -3.69. The first-order valence-electron chi connectivity index (χ1n) is 15.0. The van der Waals surface area contributed by atoms with Crippen LogP contribution in [0.5, 0.6) is 0 Å². The van der Waals surface area contributed by atoms with Crippen LogP contribution in [0.3, 0.4) is 0 Å².